The average Bonchev–Trinajstić information content (AvgIpc) is 2.64. The van der Waals surface area contributed by atoms with E-state index in [1.807, 2.05) is 66.4 Å². The molecule has 0 aromatic heterocycles. The molecule has 1 aliphatic heterocycles. The van der Waals surface area contributed by atoms with Crippen molar-refractivity contribution in [3.63, 3.8) is 0 Å². The molecule has 1 amide bonds. The Morgan fingerprint density at radius 1 is 1.12 bits per heavy atom. The fraction of sp³-hybridized carbons (Fsp3) is 0.350. The number of halogens is 1. The molecule has 2 unspecified atom stereocenters. The predicted octanol–water partition coefficient (Wildman–Crippen LogP) is 4.28. The molecule has 134 valence electrons. The number of carbonyl (C=O) groups is 1. The van der Waals surface area contributed by atoms with Gasteiger partial charge in [-0.25, -0.2) is 0 Å². The zero-order valence-electron chi connectivity index (χ0n) is 14.8. The van der Waals surface area contributed by atoms with E-state index in [-0.39, 0.29) is 18.1 Å². The number of rotatable bonds is 3. The SMILES string of the molecule is Brc1ccccc1.COc1ccc(CN2C(=O)C(C)OCC2C)cc1. The van der Waals surface area contributed by atoms with Gasteiger partial charge in [0.25, 0.3) is 5.91 Å². The number of hydrogen-bond donors (Lipinski definition) is 0. The Hall–Kier alpha value is -1.85. The van der Waals surface area contributed by atoms with Crippen LogP contribution in [0.3, 0.4) is 0 Å². The van der Waals surface area contributed by atoms with E-state index in [1.165, 1.54) is 0 Å². The Labute approximate surface area is 157 Å². The van der Waals surface area contributed by atoms with Crippen LogP contribution in [0.2, 0.25) is 0 Å². The highest BCUT2D eigenvalue weighted by Gasteiger charge is 2.30. The molecule has 2 aromatic rings. The van der Waals surface area contributed by atoms with E-state index in [2.05, 4.69) is 15.9 Å². The first-order chi connectivity index (χ1) is 12.0. The van der Waals surface area contributed by atoms with E-state index in [0.717, 1.165) is 15.8 Å². The molecule has 2 atom stereocenters. The third-order valence-electron chi connectivity index (χ3n) is 4.00. The van der Waals surface area contributed by atoms with Crippen LogP contribution in [0.15, 0.2) is 59.1 Å². The first-order valence-corrected chi connectivity index (χ1v) is 9.06. The molecule has 1 fully saturated rings. The largest absolute Gasteiger partial charge is 0.497 e. The van der Waals surface area contributed by atoms with Crippen molar-refractivity contribution in [2.45, 2.75) is 32.5 Å². The summed E-state index contributed by atoms with van der Waals surface area (Å²) < 4.78 is 11.6. The lowest BCUT2D eigenvalue weighted by molar-refractivity contribution is -0.157. The second-order valence-electron chi connectivity index (χ2n) is 5.93. The summed E-state index contributed by atoms with van der Waals surface area (Å²) in [6, 6.07) is 17.9. The monoisotopic (exact) mass is 405 g/mol. The summed E-state index contributed by atoms with van der Waals surface area (Å²) in [5.41, 5.74) is 1.10. The van der Waals surface area contributed by atoms with Crippen LogP contribution in [0.5, 0.6) is 5.75 Å². The van der Waals surface area contributed by atoms with Crippen molar-refractivity contribution in [1.82, 2.24) is 4.90 Å². The average molecular weight is 406 g/mol. The number of benzene rings is 2. The maximum absolute atomic E-state index is 12.0. The van der Waals surface area contributed by atoms with Gasteiger partial charge in [0.05, 0.1) is 19.8 Å². The van der Waals surface area contributed by atoms with E-state index in [9.17, 15) is 4.79 Å². The van der Waals surface area contributed by atoms with E-state index in [0.29, 0.717) is 13.2 Å². The molecule has 4 nitrogen and oxygen atoms in total. The van der Waals surface area contributed by atoms with Gasteiger partial charge in [0.1, 0.15) is 11.9 Å². The van der Waals surface area contributed by atoms with Gasteiger partial charge in [0, 0.05) is 11.0 Å². The number of nitrogens with zero attached hydrogens (tertiary/aromatic N) is 1. The standard InChI is InChI=1S/C14H19NO3.C6H5Br/c1-10-9-18-11(2)14(16)15(10)8-12-4-6-13(17-3)7-5-12;7-6-4-2-1-3-5-6/h4-7,10-11H,8-9H2,1-3H3;1-5H. The topological polar surface area (TPSA) is 38.8 Å². The Balaban J connectivity index is 0.000000269. The van der Waals surface area contributed by atoms with Crippen molar-refractivity contribution in [2.24, 2.45) is 0 Å². The lowest BCUT2D eigenvalue weighted by atomic mass is 10.1. The fourth-order valence-electron chi connectivity index (χ4n) is 2.47. The van der Waals surface area contributed by atoms with Crippen molar-refractivity contribution >= 4 is 21.8 Å². The van der Waals surface area contributed by atoms with Crippen molar-refractivity contribution < 1.29 is 14.3 Å². The maximum Gasteiger partial charge on any atom is 0.252 e. The van der Waals surface area contributed by atoms with Crippen LogP contribution in [-0.4, -0.2) is 36.7 Å². The maximum atomic E-state index is 12.0. The molecule has 1 saturated heterocycles. The molecule has 0 spiro atoms. The second-order valence-corrected chi connectivity index (χ2v) is 6.85. The molecule has 0 saturated carbocycles. The summed E-state index contributed by atoms with van der Waals surface area (Å²) in [5, 5.41) is 0. The molecule has 3 rings (SSSR count). The van der Waals surface area contributed by atoms with Gasteiger partial charge < -0.3 is 14.4 Å². The first kappa shape index (κ1) is 19.5. The van der Waals surface area contributed by atoms with Gasteiger partial charge >= 0.3 is 0 Å². The minimum Gasteiger partial charge on any atom is -0.497 e. The van der Waals surface area contributed by atoms with Crippen LogP contribution in [0.25, 0.3) is 0 Å². The van der Waals surface area contributed by atoms with Crippen LogP contribution in [0, 0.1) is 0 Å². The van der Waals surface area contributed by atoms with E-state index in [1.54, 1.807) is 14.0 Å². The zero-order chi connectivity index (χ0) is 18.2. The summed E-state index contributed by atoms with van der Waals surface area (Å²) in [6.07, 6.45) is -0.334. The van der Waals surface area contributed by atoms with E-state index in [4.69, 9.17) is 9.47 Å². The molecule has 2 aromatic carbocycles. The molecule has 0 aliphatic carbocycles. The molecular formula is C20H24BrNO3. The normalized spacial score (nSPS) is 19.8. The number of methoxy groups -OCH3 is 1. The summed E-state index contributed by atoms with van der Waals surface area (Å²) in [7, 11) is 1.64. The fourth-order valence-corrected chi connectivity index (χ4v) is 2.78. The molecule has 0 N–H and O–H groups in total. The van der Waals surface area contributed by atoms with Crippen molar-refractivity contribution in [2.75, 3.05) is 13.7 Å². The van der Waals surface area contributed by atoms with Gasteiger partial charge in [-0.15, -0.1) is 0 Å². The number of ether oxygens (including phenoxy) is 2. The highest BCUT2D eigenvalue weighted by Crippen LogP contribution is 2.18. The second kappa shape index (κ2) is 9.59. The summed E-state index contributed by atoms with van der Waals surface area (Å²) in [5.74, 6) is 0.887. The Morgan fingerprint density at radius 3 is 2.28 bits per heavy atom. The molecule has 5 heteroatoms. The predicted molar refractivity (Wildman–Crippen MR) is 103 cm³/mol. The summed E-state index contributed by atoms with van der Waals surface area (Å²) in [6.45, 7) is 5.03. The van der Waals surface area contributed by atoms with E-state index < -0.39 is 0 Å². The summed E-state index contributed by atoms with van der Waals surface area (Å²) in [4.78, 5) is 13.9. The van der Waals surface area contributed by atoms with Crippen LogP contribution in [0.1, 0.15) is 19.4 Å². The van der Waals surface area contributed by atoms with Crippen molar-refractivity contribution in [1.29, 1.82) is 0 Å². The van der Waals surface area contributed by atoms with Crippen LogP contribution >= 0.6 is 15.9 Å². The van der Waals surface area contributed by atoms with Crippen LogP contribution < -0.4 is 4.74 Å². The summed E-state index contributed by atoms with van der Waals surface area (Å²) >= 11 is 3.31. The minimum atomic E-state index is -0.334. The third-order valence-corrected chi connectivity index (χ3v) is 4.52. The van der Waals surface area contributed by atoms with Crippen molar-refractivity contribution in [3.8, 4) is 5.75 Å². The Kier molecular flexibility index (Phi) is 7.47. The smallest absolute Gasteiger partial charge is 0.252 e. The quantitative estimate of drug-likeness (QED) is 0.764. The lowest BCUT2D eigenvalue weighted by Crippen LogP contribution is -2.51. The van der Waals surface area contributed by atoms with Crippen LogP contribution in [-0.2, 0) is 16.1 Å². The molecule has 0 bridgehead atoms. The number of carbonyl (C=O) groups excluding carboxylic acids is 1. The molecule has 0 radical (unpaired) electrons. The Bertz CT molecular complexity index is 660. The molecule has 1 heterocycles. The number of hydrogen-bond acceptors (Lipinski definition) is 3. The molecule has 25 heavy (non-hydrogen) atoms. The van der Waals surface area contributed by atoms with Gasteiger partial charge in [-0.3, -0.25) is 4.79 Å². The van der Waals surface area contributed by atoms with Gasteiger partial charge in [-0.1, -0.05) is 46.3 Å². The number of morpholine rings is 1. The first-order valence-electron chi connectivity index (χ1n) is 8.27. The third kappa shape index (κ3) is 5.87. The zero-order valence-corrected chi connectivity index (χ0v) is 16.4. The lowest BCUT2D eigenvalue weighted by Gasteiger charge is -2.36. The minimum absolute atomic E-state index is 0.0598. The highest BCUT2D eigenvalue weighted by atomic mass is 79.9. The Morgan fingerprint density at radius 2 is 1.76 bits per heavy atom. The highest BCUT2D eigenvalue weighted by molar-refractivity contribution is 9.10. The van der Waals surface area contributed by atoms with E-state index >= 15 is 0 Å². The molecule has 1 aliphatic rings. The van der Waals surface area contributed by atoms with Gasteiger partial charge in [0.2, 0.25) is 0 Å². The number of amides is 1. The van der Waals surface area contributed by atoms with Gasteiger partial charge in [0.15, 0.2) is 0 Å². The van der Waals surface area contributed by atoms with Crippen molar-refractivity contribution in [3.05, 3.63) is 64.6 Å². The van der Waals surface area contributed by atoms with Gasteiger partial charge in [-0.2, -0.15) is 0 Å². The van der Waals surface area contributed by atoms with Gasteiger partial charge in [-0.05, 0) is 43.7 Å². The van der Waals surface area contributed by atoms with Crippen LogP contribution in [0.4, 0.5) is 0 Å². The molecular weight excluding hydrogens is 382 g/mol.